The highest BCUT2D eigenvalue weighted by Crippen LogP contribution is 2.58. The molecule has 0 radical (unpaired) electrons. The van der Waals surface area contributed by atoms with Gasteiger partial charge in [-0.05, 0) is 30.6 Å². The first kappa shape index (κ1) is 19.0. The quantitative estimate of drug-likeness (QED) is 0.877. The summed E-state index contributed by atoms with van der Waals surface area (Å²) in [5, 5.41) is 10.0. The minimum Gasteiger partial charge on any atom is -0.508 e. The molecule has 0 saturated heterocycles. The molecular weight excluding hydrogens is 344 g/mol. The third kappa shape index (κ3) is 2.69. The van der Waals surface area contributed by atoms with Crippen molar-refractivity contribution in [3.63, 3.8) is 0 Å². The van der Waals surface area contributed by atoms with Gasteiger partial charge in [-0.1, -0.05) is 25.7 Å². The zero-order valence-electron chi connectivity index (χ0n) is 16.0. The Morgan fingerprint density at radius 2 is 1.81 bits per heavy atom. The Balaban J connectivity index is 2.36. The number of carbonyl (C=O) groups is 2. The Bertz CT molecular complexity index is 867. The molecule has 0 amide bonds. The van der Waals surface area contributed by atoms with Crippen LogP contribution in [-0.2, 0) is 9.59 Å². The van der Waals surface area contributed by atoms with Gasteiger partial charge in [-0.2, -0.15) is 0 Å². The van der Waals surface area contributed by atoms with Crippen molar-refractivity contribution < 1.29 is 24.2 Å². The lowest BCUT2D eigenvalue weighted by Gasteiger charge is -2.47. The van der Waals surface area contributed by atoms with Crippen LogP contribution in [0.1, 0.15) is 31.7 Å². The van der Waals surface area contributed by atoms with Crippen LogP contribution in [0, 0.1) is 11.3 Å². The molecular formula is C22H24O5. The molecule has 3 rings (SSSR count). The van der Waals surface area contributed by atoms with E-state index in [0.717, 1.165) is 5.57 Å². The first-order chi connectivity index (χ1) is 12.8. The average molecular weight is 368 g/mol. The number of carbonyl (C=O) groups excluding carboxylic acids is 2. The van der Waals surface area contributed by atoms with Gasteiger partial charge in [-0.25, -0.2) is 0 Å². The Hall–Kier alpha value is -2.82. The molecule has 0 aliphatic heterocycles. The summed E-state index contributed by atoms with van der Waals surface area (Å²) in [6, 6.07) is 2.98. The normalized spacial score (nSPS) is 27.4. The molecule has 0 fully saturated rings. The lowest BCUT2D eigenvalue weighted by molar-refractivity contribution is -0.137. The van der Waals surface area contributed by atoms with Gasteiger partial charge in [-0.15, -0.1) is 0 Å². The summed E-state index contributed by atoms with van der Waals surface area (Å²) in [5.74, 6) is -0.267. The minimum absolute atomic E-state index is 0.00350. The van der Waals surface area contributed by atoms with Gasteiger partial charge in [0.05, 0.1) is 19.6 Å². The van der Waals surface area contributed by atoms with Crippen LogP contribution in [0.4, 0.5) is 0 Å². The maximum Gasteiger partial charge on any atom is 0.166 e. The molecule has 3 atom stereocenters. The predicted molar refractivity (Wildman–Crippen MR) is 102 cm³/mol. The van der Waals surface area contributed by atoms with Crippen LogP contribution in [-0.4, -0.2) is 30.9 Å². The molecule has 27 heavy (non-hydrogen) atoms. The van der Waals surface area contributed by atoms with Crippen LogP contribution in [0.15, 0.2) is 48.1 Å². The van der Waals surface area contributed by atoms with Gasteiger partial charge in [0.2, 0.25) is 0 Å². The molecule has 142 valence electrons. The van der Waals surface area contributed by atoms with E-state index in [2.05, 4.69) is 6.58 Å². The highest BCUT2D eigenvalue weighted by atomic mass is 16.5. The van der Waals surface area contributed by atoms with Crippen LogP contribution >= 0.6 is 0 Å². The van der Waals surface area contributed by atoms with Crippen LogP contribution < -0.4 is 9.47 Å². The molecule has 1 N–H and O–H groups in total. The van der Waals surface area contributed by atoms with Crippen LogP contribution in [0.25, 0.3) is 0 Å². The number of phenolic OH excluding ortho intramolecular Hbond substituents is 1. The van der Waals surface area contributed by atoms with E-state index in [0.29, 0.717) is 29.1 Å². The SMILES string of the molecule is C=CC1=CCC2C(=O)C=C(C)C(=O)C2(C)C1c1c(OC)cc(O)cc1OC. The maximum absolute atomic E-state index is 13.3. The first-order valence-corrected chi connectivity index (χ1v) is 8.83. The summed E-state index contributed by atoms with van der Waals surface area (Å²) >= 11 is 0. The van der Waals surface area contributed by atoms with E-state index in [1.807, 2.05) is 13.0 Å². The van der Waals surface area contributed by atoms with Gasteiger partial charge in [0, 0.05) is 29.5 Å². The third-order valence-corrected chi connectivity index (χ3v) is 5.85. The minimum atomic E-state index is -0.994. The second-order valence-corrected chi connectivity index (χ2v) is 7.24. The fourth-order valence-electron chi connectivity index (χ4n) is 4.55. The van der Waals surface area contributed by atoms with Crippen molar-refractivity contribution >= 4 is 11.6 Å². The average Bonchev–Trinajstić information content (AvgIpc) is 2.65. The van der Waals surface area contributed by atoms with E-state index >= 15 is 0 Å². The fraction of sp³-hybridized carbons (Fsp3) is 0.364. The summed E-state index contributed by atoms with van der Waals surface area (Å²) in [5.41, 5.74) is 0.927. The number of ketones is 2. The predicted octanol–water partition coefficient (Wildman–Crippen LogP) is 3.73. The zero-order chi connectivity index (χ0) is 19.9. The first-order valence-electron chi connectivity index (χ1n) is 8.83. The number of Topliss-reactive ketones (excluding diaryl/α,β-unsaturated/α-hetero) is 1. The highest BCUT2D eigenvalue weighted by molar-refractivity contribution is 6.13. The summed E-state index contributed by atoms with van der Waals surface area (Å²) in [4.78, 5) is 26.1. The number of allylic oxidation sites excluding steroid dienone is 5. The monoisotopic (exact) mass is 368 g/mol. The van der Waals surface area contributed by atoms with Gasteiger partial charge in [0.1, 0.15) is 17.2 Å². The molecule has 5 heteroatoms. The standard InChI is InChI=1S/C22H24O5/c1-6-13-7-8-15-16(24)9-12(2)21(25)22(15,3)20(13)19-17(26-4)10-14(23)11-18(19)27-5/h6-7,9-11,15,20,23H,1,8H2,2-5H3. The molecule has 0 heterocycles. The number of rotatable bonds is 4. The van der Waals surface area contributed by atoms with Crippen molar-refractivity contribution in [2.24, 2.45) is 11.3 Å². The smallest absolute Gasteiger partial charge is 0.166 e. The largest absolute Gasteiger partial charge is 0.508 e. The second kappa shape index (κ2) is 6.72. The van der Waals surface area contributed by atoms with Crippen molar-refractivity contribution in [3.05, 3.63) is 53.6 Å². The van der Waals surface area contributed by atoms with E-state index in [9.17, 15) is 14.7 Å². The molecule has 5 nitrogen and oxygen atoms in total. The summed E-state index contributed by atoms with van der Waals surface area (Å²) in [6.07, 6.45) is 5.59. The van der Waals surface area contributed by atoms with Crippen LogP contribution in [0.5, 0.6) is 17.2 Å². The van der Waals surface area contributed by atoms with Crippen molar-refractivity contribution in [2.75, 3.05) is 14.2 Å². The van der Waals surface area contributed by atoms with E-state index in [-0.39, 0.29) is 17.3 Å². The number of methoxy groups -OCH3 is 2. The molecule has 3 unspecified atom stereocenters. The zero-order valence-corrected chi connectivity index (χ0v) is 16.0. The van der Waals surface area contributed by atoms with Gasteiger partial charge in [0.15, 0.2) is 11.6 Å². The number of aromatic hydroxyl groups is 1. The molecule has 0 spiro atoms. The number of hydrogen-bond acceptors (Lipinski definition) is 5. The maximum atomic E-state index is 13.3. The lowest BCUT2D eigenvalue weighted by Crippen LogP contribution is -2.49. The number of fused-ring (bicyclic) bond motifs is 1. The van der Waals surface area contributed by atoms with Gasteiger partial charge >= 0.3 is 0 Å². The second-order valence-electron chi connectivity index (χ2n) is 7.24. The van der Waals surface area contributed by atoms with Gasteiger partial charge < -0.3 is 14.6 Å². The molecule has 2 aliphatic rings. The number of ether oxygens (including phenoxy) is 2. The Morgan fingerprint density at radius 1 is 1.22 bits per heavy atom. The van der Waals surface area contributed by atoms with E-state index in [1.54, 1.807) is 13.0 Å². The lowest BCUT2D eigenvalue weighted by atomic mass is 9.53. The fourth-order valence-corrected chi connectivity index (χ4v) is 4.55. The Morgan fingerprint density at radius 3 is 2.33 bits per heavy atom. The van der Waals surface area contributed by atoms with Gasteiger partial charge in [-0.3, -0.25) is 9.59 Å². The van der Waals surface area contributed by atoms with E-state index < -0.39 is 17.3 Å². The summed E-state index contributed by atoms with van der Waals surface area (Å²) in [6.45, 7) is 7.42. The number of phenols is 1. The highest BCUT2D eigenvalue weighted by Gasteiger charge is 2.56. The van der Waals surface area contributed by atoms with Crippen molar-refractivity contribution in [1.29, 1.82) is 0 Å². The molecule has 0 bridgehead atoms. The summed E-state index contributed by atoms with van der Waals surface area (Å²) in [7, 11) is 2.99. The van der Waals surface area contributed by atoms with Crippen molar-refractivity contribution in [2.45, 2.75) is 26.2 Å². The number of hydrogen-bond donors (Lipinski definition) is 1. The Labute approximate surface area is 159 Å². The van der Waals surface area contributed by atoms with Crippen LogP contribution in [0.3, 0.4) is 0 Å². The Kier molecular flexibility index (Phi) is 4.72. The molecule has 1 aromatic carbocycles. The molecule has 0 saturated carbocycles. The summed E-state index contributed by atoms with van der Waals surface area (Å²) < 4.78 is 11.0. The third-order valence-electron chi connectivity index (χ3n) is 5.85. The van der Waals surface area contributed by atoms with Crippen molar-refractivity contribution in [3.8, 4) is 17.2 Å². The van der Waals surface area contributed by atoms with E-state index in [1.165, 1.54) is 32.4 Å². The van der Waals surface area contributed by atoms with Crippen LogP contribution in [0.2, 0.25) is 0 Å². The molecule has 1 aromatic rings. The molecule has 0 aromatic heterocycles. The topological polar surface area (TPSA) is 72.8 Å². The van der Waals surface area contributed by atoms with E-state index in [4.69, 9.17) is 9.47 Å². The molecule has 2 aliphatic carbocycles. The number of benzene rings is 1. The van der Waals surface area contributed by atoms with Crippen molar-refractivity contribution in [1.82, 2.24) is 0 Å². The van der Waals surface area contributed by atoms with Gasteiger partial charge in [0.25, 0.3) is 0 Å².